The average Bonchev–Trinajstić information content (AvgIpc) is 3.34. The minimum Gasteiger partial charge on any atom is -0.497 e. The van der Waals surface area contributed by atoms with Gasteiger partial charge in [-0.3, -0.25) is 14.9 Å². The van der Waals surface area contributed by atoms with Gasteiger partial charge in [0.1, 0.15) is 5.75 Å². The molecule has 2 amide bonds. The maximum Gasteiger partial charge on any atom is 0.319 e. The summed E-state index contributed by atoms with van der Waals surface area (Å²) in [6.45, 7) is 6.53. The minimum atomic E-state index is -0.220. The minimum absolute atomic E-state index is 0.220. The van der Waals surface area contributed by atoms with Crippen molar-refractivity contribution in [3.8, 4) is 5.75 Å². The van der Waals surface area contributed by atoms with Crippen LogP contribution in [0.2, 0.25) is 0 Å². The quantitative estimate of drug-likeness (QED) is 0.507. The first-order valence-corrected chi connectivity index (χ1v) is 10.9. The Hall–Kier alpha value is -3.36. The second kappa shape index (κ2) is 10.8. The van der Waals surface area contributed by atoms with E-state index in [0.717, 1.165) is 56.3 Å². The number of amides is 2. The molecule has 3 aromatic rings. The Labute approximate surface area is 188 Å². The number of urea groups is 1. The maximum absolute atomic E-state index is 12.2. The van der Waals surface area contributed by atoms with Crippen molar-refractivity contribution in [3.05, 3.63) is 77.6 Å². The molecule has 168 valence electrons. The molecule has 0 radical (unpaired) electrons. The zero-order valence-electron chi connectivity index (χ0n) is 18.4. The number of carbonyl (C=O) groups excluding carboxylic acids is 1. The van der Waals surface area contributed by atoms with E-state index in [0.29, 0.717) is 6.54 Å². The number of anilines is 1. The smallest absolute Gasteiger partial charge is 0.319 e. The molecule has 32 heavy (non-hydrogen) atoms. The fraction of sp³-hybridized carbons (Fsp3) is 0.333. The molecule has 0 bridgehead atoms. The van der Waals surface area contributed by atoms with Gasteiger partial charge in [0.05, 0.1) is 13.3 Å². The predicted octanol–water partition coefficient (Wildman–Crippen LogP) is 3.06. The highest BCUT2D eigenvalue weighted by molar-refractivity contribution is 5.89. The number of nitrogens with zero attached hydrogens (tertiary/aromatic N) is 3. The van der Waals surface area contributed by atoms with Gasteiger partial charge in [-0.25, -0.2) is 4.79 Å². The second-order valence-corrected chi connectivity index (χ2v) is 8.01. The van der Waals surface area contributed by atoms with Crippen molar-refractivity contribution in [1.29, 1.82) is 0 Å². The van der Waals surface area contributed by atoms with Crippen LogP contribution in [0.25, 0.3) is 0 Å². The zero-order chi connectivity index (χ0) is 22.2. The van der Waals surface area contributed by atoms with Gasteiger partial charge >= 0.3 is 6.03 Å². The molecule has 1 aliphatic rings. The molecule has 2 aromatic carbocycles. The van der Waals surface area contributed by atoms with E-state index in [2.05, 4.69) is 42.8 Å². The monoisotopic (exact) mass is 434 g/mol. The van der Waals surface area contributed by atoms with Crippen LogP contribution in [0.5, 0.6) is 5.75 Å². The van der Waals surface area contributed by atoms with Crippen LogP contribution in [0.15, 0.2) is 60.9 Å². The van der Waals surface area contributed by atoms with E-state index >= 15 is 0 Å². The maximum atomic E-state index is 12.2. The summed E-state index contributed by atoms with van der Waals surface area (Å²) >= 11 is 0. The molecule has 1 aliphatic heterocycles. The predicted molar refractivity (Wildman–Crippen MR) is 124 cm³/mol. The third-order valence-electron chi connectivity index (χ3n) is 5.66. The summed E-state index contributed by atoms with van der Waals surface area (Å²) in [4.78, 5) is 17.1. The first-order valence-electron chi connectivity index (χ1n) is 10.9. The number of ether oxygens (including phenoxy) is 1. The standard InChI is InChI=1S/C24H30N6O2/c1-32-23-8-4-19(5-9-23)14-25-24(31)28-22-6-2-20(3-7-22)17-29-10-12-30(13-11-29)18-21-15-26-27-16-21/h2-9,15-16H,10-14,17-18H2,1H3,(H,26,27)(H2,25,28,31). The van der Waals surface area contributed by atoms with E-state index in [1.165, 1.54) is 11.1 Å². The van der Waals surface area contributed by atoms with Crippen LogP contribution in [-0.2, 0) is 19.6 Å². The lowest BCUT2D eigenvalue weighted by Crippen LogP contribution is -2.45. The Morgan fingerprint density at radius 2 is 1.56 bits per heavy atom. The van der Waals surface area contributed by atoms with Crippen LogP contribution in [0.3, 0.4) is 0 Å². The molecule has 4 rings (SSSR count). The number of H-pyrrole nitrogens is 1. The number of aromatic amines is 1. The number of hydrogen-bond acceptors (Lipinski definition) is 5. The molecule has 1 saturated heterocycles. The molecule has 0 saturated carbocycles. The van der Waals surface area contributed by atoms with Gasteiger partial charge in [0, 0.05) is 63.3 Å². The van der Waals surface area contributed by atoms with Gasteiger partial charge in [0.15, 0.2) is 0 Å². The molecule has 1 fully saturated rings. The fourth-order valence-electron chi connectivity index (χ4n) is 3.78. The third-order valence-corrected chi connectivity index (χ3v) is 5.66. The average molecular weight is 435 g/mol. The van der Waals surface area contributed by atoms with Crippen molar-refractivity contribution >= 4 is 11.7 Å². The van der Waals surface area contributed by atoms with E-state index in [9.17, 15) is 4.79 Å². The van der Waals surface area contributed by atoms with Crippen LogP contribution in [0.4, 0.5) is 10.5 Å². The highest BCUT2D eigenvalue weighted by Gasteiger charge is 2.17. The highest BCUT2D eigenvalue weighted by atomic mass is 16.5. The number of carbonyl (C=O) groups is 1. The summed E-state index contributed by atoms with van der Waals surface area (Å²) in [5, 5.41) is 12.7. The number of nitrogens with one attached hydrogen (secondary N) is 3. The Morgan fingerprint density at radius 1 is 0.938 bits per heavy atom. The van der Waals surface area contributed by atoms with Crippen LogP contribution < -0.4 is 15.4 Å². The van der Waals surface area contributed by atoms with Crippen molar-refractivity contribution in [2.24, 2.45) is 0 Å². The molecule has 0 unspecified atom stereocenters. The van der Waals surface area contributed by atoms with E-state index in [4.69, 9.17) is 4.74 Å². The van der Waals surface area contributed by atoms with Crippen LogP contribution in [0, 0.1) is 0 Å². The van der Waals surface area contributed by atoms with Gasteiger partial charge in [0.25, 0.3) is 0 Å². The Balaban J connectivity index is 1.18. The SMILES string of the molecule is COc1ccc(CNC(=O)Nc2ccc(CN3CCN(Cc4cn[nH]c4)CC3)cc2)cc1. The van der Waals surface area contributed by atoms with E-state index in [1.807, 2.05) is 48.8 Å². The number of methoxy groups -OCH3 is 1. The molecular weight excluding hydrogens is 404 g/mol. The number of piperazine rings is 1. The molecule has 8 nitrogen and oxygen atoms in total. The lowest BCUT2D eigenvalue weighted by Gasteiger charge is -2.34. The molecule has 8 heteroatoms. The first-order chi connectivity index (χ1) is 15.7. The summed E-state index contributed by atoms with van der Waals surface area (Å²) in [6.07, 6.45) is 3.85. The van der Waals surface area contributed by atoms with Crippen LogP contribution in [0.1, 0.15) is 16.7 Å². The van der Waals surface area contributed by atoms with Crippen LogP contribution >= 0.6 is 0 Å². The molecule has 0 atom stereocenters. The van der Waals surface area contributed by atoms with Gasteiger partial charge in [-0.1, -0.05) is 24.3 Å². The summed E-state index contributed by atoms with van der Waals surface area (Å²) in [5.41, 5.74) is 4.28. The van der Waals surface area contributed by atoms with E-state index in [-0.39, 0.29) is 6.03 Å². The largest absolute Gasteiger partial charge is 0.497 e. The van der Waals surface area contributed by atoms with Crippen molar-refractivity contribution in [2.75, 3.05) is 38.6 Å². The molecule has 0 aliphatic carbocycles. The van der Waals surface area contributed by atoms with Crippen molar-refractivity contribution in [1.82, 2.24) is 25.3 Å². The lowest BCUT2D eigenvalue weighted by atomic mass is 10.1. The van der Waals surface area contributed by atoms with Crippen molar-refractivity contribution in [3.63, 3.8) is 0 Å². The first kappa shape index (κ1) is 21.9. The zero-order valence-corrected chi connectivity index (χ0v) is 18.4. The van der Waals surface area contributed by atoms with Gasteiger partial charge in [-0.05, 0) is 35.4 Å². The number of rotatable bonds is 8. The Morgan fingerprint density at radius 3 is 2.16 bits per heavy atom. The Bertz CT molecular complexity index is 965. The summed E-state index contributed by atoms with van der Waals surface area (Å²) in [7, 11) is 1.64. The molecule has 0 spiro atoms. The fourth-order valence-corrected chi connectivity index (χ4v) is 3.78. The second-order valence-electron chi connectivity index (χ2n) is 8.01. The van der Waals surface area contributed by atoms with Crippen molar-refractivity contribution in [2.45, 2.75) is 19.6 Å². The Kier molecular flexibility index (Phi) is 7.37. The topological polar surface area (TPSA) is 85.5 Å². The van der Waals surface area contributed by atoms with Crippen molar-refractivity contribution < 1.29 is 9.53 Å². The van der Waals surface area contributed by atoms with Gasteiger partial charge in [-0.15, -0.1) is 0 Å². The molecule has 2 heterocycles. The summed E-state index contributed by atoms with van der Waals surface area (Å²) < 4.78 is 5.15. The van der Waals surface area contributed by atoms with Gasteiger partial charge in [-0.2, -0.15) is 5.10 Å². The molecular formula is C24H30N6O2. The normalized spacial score (nSPS) is 14.8. The number of aromatic nitrogens is 2. The van der Waals surface area contributed by atoms with Gasteiger partial charge < -0.3 is 15.4 Å². The highest BCUT2D eigenvalue weighted by Crippen LogP contribution is 2.14. The molecule has 3 N–H and O–H groups in total. The number of benzene rings is 2. The van der Waals surface area contributed by atoms with E-state index in [1.54, 1.807) is 7.11 Å². The molecule has 1 aromatic heterocycles. The lowest BCUT2D eigenvalue weighted by molar-refractivity contribution is 0.122. The number of hydrogen-bond donors (Lipinski definition) is 3. The van der Waals surface area contributed by atoms with Gasteiger partial charge in [0.2, 0.25) is 0 Å². The van der Waals surface area contributed by atoms with Crippen LogP contribution in [-0.4, -0.2) is 59.3 Å². The summed E-state index contributed by atoms with van der Waals surface area (Å²) in [5.74, 6) is 0.800. The van der Waals surface area contributed by atoms with E-state index < -0.39 is 0 Å². The summed E-state index contributed by atoms with van der Waals surface area (Å²) in [6, 6.07) is 15.5. The third kappa shape index (κ3) is 6.32.